The average molecular weight is 243 g/mol. The van der Waals surface area contributed by atoms with Crippen LogP contribution in [0.5, 0.6) is 0 Å². The predicted octanol–water partition coefficient (Wildman–Crippen LogP) is 1.41. The first-order valence-corrected chi connectivity index (χ1v) is 4.97. The normalized spacial score (nSPS) is 13.8. The smallest absolute Gasteiger partial charge is 0.411 e. The third kappa shape index (κ3) is 8.49. The summed E-state index contributed by atoms with van der Waals surface area (Å²) in [6.45, 7) is 0.808. The molecule has 0 bridgehead atoms. The summed E-state index contributed by atoms with van der Waals surface area (Å²) in [4.78, 5) is 10.7. The van der Waals surface area contributed by atoms with Crippen molar-refractivity contribution in [2.75, 3.05) is 19.8 Å². The summed E-state index contributed by atoms with van der Waals surface area (Å²) in [5.74, 6) is -1.08. The lowest BCUT2D eigenvalue weighted by Crippen LogP contribution is -2.38. The molecule has 0 aromatic rings. The van der Waals surface area contributed by atoms with Crippen LogP contribution in [-0.2, 0) is 9.53 Å². The van der Waals surface area contributed by atoms with Crippen molar-refractivity contribution in [3.8, 4) is 0 Å². The molecule has 0 spiro atoms. The number of carbonyl (C=O) groups is 1. The number of halogens is 3. The summed E-state index contributed by atoms with van der Waals surface area (Å²) in [5.41, 5.74) is 0. The van der Waals surface area contributed by atoms with E-state index in [9.17, 15) is 18.0 Å². The van der Waals surface area contributed by atoms with E-state index >= 15 is 0 Å². The maximum absolute atomic E-state index is 11.7. The van der Waals surface area contributed by atoms with E-state index in [1.165, 1.54) is 0 Å². The van der Waals surface area contributed by atoms with Crippen molar-refractivity contribution >= 4 is 5.97 Å². The maximum atomic E-state index is 11.7. The van der Waals surface area contributed by atoms with Crippen LogP contribution < -0.4 is 5.32 Å². The number of nitrogens with one attached hydrogen (secondary N) is 1. The third-order valence-corrected chi connectivity index (χ3v) is 1.76. The molecule has 0 rings (SSSR count). The lowest BCUT2D eigenvalue weighted by Gasteiger charge is -2.14. The summed E-state index contributed by atoms with van der Waals surface area (Å²) in [7, 11) is 0. The zero-order valence-electron chi connectivity index (χ0n) is 9.01. The summed E-state index contributed by atoms with van der Waals surface area (Å²) in [5, 5.41) is 11.4. The Kier molecular flexibility index (Phi) is 7.07. The minimum absolute atomic E-state index is 0.0193. The van der Waals surface area contributed by atoms with Crippen LogP contribution in [0.4, 0.5) is 13.2 Å². The fourth-order valence-electron chi connectivity index (χ4n) is 1.02. The van der Waals surface area contributed by atoms with Gasteiger partial charge in [0.2, 0.25) is 0 Å². The van der Waals surface area contributed by atoms with E-state index in [1.807, 2.05) is 6.92 Å². The van der Waals surface area contributed by atoms with Gasteiger partial charge >= 0.3 is 12.1 Å². The highest BCUT2D eigenvalue weighted by molar-refractivity contribution is 5.73. The molecule has 0 aliphatic heterocycles. The first kappa shape index (κ1) is 15.2. The van der Waals surface area contributed by atoms with Gasteiger partial charge in [0.15, 0.2) is 0 Å². The van der Waals surface area contributed by atoms with Crippen LogP contribution in [-0.4, -0.2) is 43.1 Å². The molecule has 96 valence electrons. The number of ether oxygens (including phenoxy) is 1. The van der Waals surface area contributed by atoms with E-state index in [0.717, 1.165) is 6.42 Å². The molecular formula is C9H16F3NO3. The number of rotatable bonds is 8. The lowest BCUT2D eigenvalue weighted by molar-refractivity contribution is -0.174. The minimum Gasteiger partial charge on any atom is -0.480 e. The molecule has 1 unspecified atom stereocenters. The zero-order chi connectivity index (χ0) is 12.6. The topological polar surface area (TPSA) is 58.6 Å². The van der Waals surface area contributed by atoms with Gasteiger partial charge in [-0.1, -0.05) is 6.92 Å². The average Bonchev–Trinajstić information content (AvgIpc) is 2.14. The molecule has 0 saturated heterocycles. The second-order valence-corrected chi connectivity index (χ2v) is 3.30. The number of carboxylic acid groups (broad SMARTS) is 1. The maximum Gasteiger partial charge on any atom is 0.411 e. The fourth-order valence-corrected chi connectivity index (χ4v) is 1.02. The molecule has 4 nitrogen and oxygen atoms in total. The Morgan fingerprint density at radius 1 is 1.50 bits per heavy atom. The number of hydrogen-bond acceptors (Lipinski definition) is 3. The molecule has 0 aromatic heterocycles. The van der Waals surface area contributed by atoms with E-state index in [2.05, 4.69) is 10.1 Å². The number of carboxylic acids is 1. The van der Waals surface area contributed by atoms with Crippen molar-refractivity contribution in [2.45, 2.75) is 32.0 Å². The fraction of sp³-hybridized carbons (Fsp3) is 0.889. The Morgan fingerprint density at radius 2 is 2.12 bits per heavy atom. The SMILES string of the molecule is CCCNC(CCOCC(F)(F)F)C(=O)O. The molecule has 0 fully saturated rings. The number of alkyl halides is 3. The first-order valence-electron chi connectivity index (χ1n) is 4.97. The van der Waals surface area contributed by atoms with Crippen LogP contribution in [0.15, 0.2) is 0 Å². The summed E-state index contributed by atoms with van der Waals surface area (Å²) in [6, 6.07) is -0.854. The Morgan fingerprint density at radius 3 is 2.56 bits per heavy atom. The van der Waals surface area contributed by atoms with Gasteiger partial charge < -0.3 is 15.2 Å². The van der Waals surface area contributed by atoms with Gasteiger partial charge in [0.05, 0.1) is 0 Å². The van der Waals surface area contributed by atoms with Crippen molar-refractivity contribution in [1.29, 1.82) is 0 Å². The van der Waals surface area contributed by atoms with Gasteiger partial charge in [-0.25, -0.2) is 0 Å². The van der Waals surface area contributed by atoms with Gasteiger partial charge in [-0.3, -0.25) is 4.79 Å². The summed E-state index contributed by atoms with van der Waals surface area (Å²) in [6.07, 6.45) is -3.59. The molecule has 0 aliphatic rings. The molecule has 0 saturated carbocycles. The van der Waals surface area contributed by atoms with Gasteiger partial charge in [0.1, 0.15) is 12.6 Å². The Balaban J connectivity index is 3.72. The van der Waals surface area contributed by atoms with Gasteiger partial charge in [0, 0.05) is 6.61 Å². The first-order chi connectivity index (χ1) is 7.37. The molecule has 0 radical (unpaired) electrons. The Labute approximate surface area is 91.8 Å². The van der Waals surface area contributed by atoms with Crippen molar-refractivity contribution in [3.63, 3.8) is 0 Å². The third-order valence-electron chi connectivity index (χ3n) is 1.76. The second-order valence-electron chi connectivity index (χ2n) is 3.30. The van der Waals surface area contributed by atoms with Gasteiger partial charge in [-0.15, -0.1) is 0 Å². The molecule has 0 aromatic carbocycles. The van der Waals surface area contributed by atoms with Crippen LogP contribution in [0, 0.1) is 0 Å². The van der Waals surface area contributed by atoms with Crippen molar-refractivity contribution in [1.82, 2.24) is 5.32 Å². The summed E-state index contributed by atoms with van der Waals surface area (Å²) >= 11 is 0. The predicted molar refractivity (Wildman–Crippen MR) is 51.2 cm³/mol. The van der Waals surface area contributed by atoms with E-state index < -0.39 is 24.8 Å². The molecule has 0 amide bonds. The van der Waals surface area contributed by atoms with Crippen LogP contribution in [0.2, 0.25) is 0 Å². The molecule has 7 heteroatoms. The number of aliphatic carboxylic acids is 1. The zero-order valence-corrected chi connectivity index (χ0v) is 9.01. The van der Waals surface area contributed by atoms with E-state index in [-0.39, 0.29) is 13.0 Å². The van der Waals surface area contributed by atoms with E-state index in [4.69, 9.17) is 5.11 Å². The largest absolute Gasteiger partial charge is 0.480 e. The standard InChI is InChI=1S/C9H16F3NO3/c1-2-4-13-7(8(14)15)3-5-16-6-9(10,11)12/h7,13H,2-6H2,1H3,(H,14,15). The van der Waals surface area contributed by atoms with Crippen LogP contribution in [0.3, 0.4) is 0 Å². The highest BCUT2D eigenvalue weighted by atomic mass is 19.4. The Bertz CT molecular complexity index is 209. The molecular weight excluding hydrogens is 227 g/mol. The lowest BCUT2D eigenvalue weighted by atomic mass is 10.2. The minimum atomic E-state index is -4.37. The van der Waals surface area contributed by atoms with Crippen molar-refractivity contribution < 1.29 is 27.8 Å². The Hall–Kier alpha value is -0.820. The van der Waals surface area contributed by atoms with Crippen LogP contribution in [0.25, 0.3) is 0 Å². The van der Waals surface area contributed by atoms with Crippen molar-refractivity contribution in [2.24, 2.45) is 0 Å². The van der Waals surface area contributed by atoms with Gasteiger partial charge in [0.25, 0.3) is 0 Å². The monoisotopic (exact) mass is 243 g/mol. The summed E-state index contributed by atoms with van der Waals surface area (Å²) < 4.78 is 39.4. The van der Waals surface area contributed by atoms with Crippen molar-refractivity contribution in [3.05, 3.63) is 0 Å². The van der Waals surface area contributed by atoms with Crippen LogP contribution in [0.1, 0.15) is 19.8 Å². The van der Waals surface area contributed by atoms with Gasteiger partial charge in [-0.05, 0) is 19.4 Å². The van der Waals surface area contributed by atoms with E-state index in [1.54, 1.807) is 0 Å². The van der Waals surface area contributed by atoms with Crippen LogP contribution >= 0.6 is 0 Å². The highest BCUT2D eigenvalue weighted by Crippen LogP contribution is 2.14. The molecule has 16 heavy (non-hydrogen) atoms. The number of hydrogen-bond donors (Lipinski definition) is 2. The quantitative estimate of drug-likeness (QED) is 0.633. The highest BCUT2D eigenvalue weighted by Gasteiger charge is 2.27. The molecule has 0 aliphatic carbocycles. The molecule has 1 atom stereocenters. The molecule has 0 heterocycles. The van der Waals surface area contributed by atoms with Gasteiger partial charge in [-0.2, -0.15) is 13.2 Å². The second kappa shape index (κ2) is 7.45. The molecule has 2 N–H and O–H groups in total. The van der Waals surface area contributed by atoms with E-state index in [0.29, 0.717) is 6.54 Å².